The molecule has 0 fully saturated rings. The summed E-state index contributed by atoms with van der Waals surface area (Å²) < 4.78 is 13.0. The van der Waals surface area contributed by atoms with Gasteiger partial charge in [-0.3, -0.25) is 14.7 Å². The molecule has 0 saturated carbocycles. The van der Waals surface area contributed by atoms with Crippen LogP contribution in [0.5, 0.6) is 11.5 Å². The van der Waals surface area contributed by atoms with Crippen LogP contribution in [0.15, 0.2) is 72.1 Å². The number of benzene rings is 2. The van der Waals surface area contributed by atoms with Crippen molar-refractivity contribution in [2.24, 2.45) is 0 Å². The molecule has 0 aliphatic rings. The van der Waals surface area contributed by atoms with Crippen LogP contribution in [0.1, 0.15) is 6.92 Å². The second kappa shape index (κ2) is 10.6. The molecular weight excluding hydrogens is 440 g/mol. The maximum absolute atomic E-state index is 12.4. The van der Waals surface area contributed by atoms with Crippen molar-refractivity contribution in [3.8, 4) is 28.6 Å². The summed E-state index contributed by atoms with van der Waals surface area (Å²) in [6.07, 6.45) is 3.13. The first-order valence-electron chi connectivity index (χ1n) is 10.2. The van der Waals surface area contributed by atoms with Gasteiger partial charge in [0.2, 0.25) is 11.9 Å². The Balaban J connectivity index is 1.65. The van der Waals surface area contributed by atoms with Gasteiger partial charge in [0, 0.05) is 12.4 Å². The molecule has 0 atom stereocenters. The van der Waals surface area contributed by atoms with Crippen LogP contribution < -0.4 is 14.8 Å². The molecule has 2 heterocycles. The van der Waals surface area contributed by atoms with E-state index in [-0.39, 0.29) is 17.6 Å². The Morgan fingerprint density at radius 2 is 1.79 bits per heavy atom. The minimum atomic E-state index is -0.244. The van der Waals surface area contributed by atoms with E-state index >= 15 is 0 Å². The first-order chi connectivity index (χ1) is 16.2. The second-order valence-corrected chi connectivity index (χ2v) is 7.62. The summed E-state index contributed by atoms with van der Waals surface area (Å²) in [4.78, 5) is 20.4. The zero-order valence-corrected chi connectivity index (χ0v) is 19.0. The number of nitrogens with zero attached hydrogens (tertiary/aromatic N) is 5. The predicted molar refractivity (Wildman–Crippen MR) is 126 cm³/mol. The number of carbonyl (C=O) groups is 1. The van der Waals surface area contributed by atoms with E-state index in [1.54, 1.807) is 25.6 Å². The number of anilines is 1. The summed E-state index contributed by atoms with van der Waals surface area (Å²) >= 11 is 1.26. The zero-order valence-electron chi connectivity index (χ0n) is 18.1. The molecule has 0 aliphatic carbocycles. The van der Waals surface area contributed by atoms with Crippen LogP contribution in [0.25, 0.3) is 17.1 Å². The second-order valence-electron chi connectivity index (χ2n) is 6.68. The normalized spacial score (nSPS) is 10.6. The number of methoxy groups -OCH3 is 1. The number of nitrogens with one attached hydrogen (secondary N) is 1. The van der Waals surface area contributed by atoms with Crippen LogP contribution in [0.4, 0.5) is 5.95 Å². The van der Waals surface area contributed by atoms with Crippen molar-refractivity contribution < 1.29 is 14.3 Å². The lowest BCUT2D eigenvalue weighted by atomic mass is 10.2. The average Bonchev–Trinajstić information content (AvgIpc) is 3.28. The molecule has 9 nitrogen and oxygen atoms in total. The fraction of sp³-hybridized carbons (Fsp3) is 0.174. The largest absolute Gasteiger partial charge is 0.496 e. The average molecular weight is 463 g/mol. The van der Waals surface area contributed by atoms with Crippen LogP contribution in [0.3, 0.4) is 0 Å². The number of hydrogen-bond donors (Lipinski definition) is 1. The topological polar surface area (TPSA) is 104 Å². The van der Waals surface area contributed by atoms with Crippen molar-refractivity contribution in [3.05, 3.63) is 67.0 Å². The first kappa shape index (κ1) is 22.3. The predicted octanol–water partition coefficient (Wildman–Crippen LogP) is 3.86. The number of ether oxygens (including phenoxy) is 2. The van der Waals surface area contributed by atoms with Gasteiger partial charge in [0.05, 0.1) is 30.7 Å². The number of amides is 1. The summed E-state index contributed by atoms with van der Waals surface area (Å²) in [6, 6.07) is 16.9. The maximum atomic E-state index is 12.4. The molecule has 4 aromatic rings. The molecule has 33 heavy (non-hydrogen) atoms. The van der Waals surface area contributed by atoms with Gasteiger partial charge in [-0.1, -0.05) is 23.9 Å². The van der Waals surface area contributed by atoms with Crippen LogP contribution in [0, 0.1) is 0 Å². The fourth-order valence-corrected chi connectivity index (χ4v) is 3.86. The van der Waals surface area contributed by atoms with Gasteiger partial charge in [0.1, 0.15) is 11.5 Å². The molecule has 0 aliphatic heterocycles. The molecule has 0 unspecified atom stereocenters. The Bertz CT molecular complexity index is 1210. The third kappa shape index (κ3) is 5.29. The highest BCUT2D eigenvalue weighted by atomic mass is 32.2. The van der Waals surface area contributed by atoms with E-state index in [0.29, 0.717) is 23.3 Å². The van der Waals surface area contributed by atoms with Crippen molar-refractivity contribution >= 4 is 23.6 Å². The molecule has 0 spiro atoms. The molecule has 1 N–H and O–H groups in total. The van der Waals surface area contributed by atoms with Crippen molar-refractivity contribution in [3.63, 3.8) is 0 Å². The maximum Gasteiger partial charge on any atom is 0.237 e. The minimum Gasteiger partial charge on any atom is -0.496 e. The number of carbonyl (C=O) groups excluding carboxylic acids is 1. The Hall–Kier alpha value is -3.92. The van der Waals surface area contributed by atoms with Gasteiger partial charge in [-0.2, -0.15) is 0 Å². The molecule has 0 radical (unpaired) electrons. The van der Waals surface area contributed by atoms with E-state index in [4.69, 9.17) is 9.47 Å². The lowest BCUT2D eigenvalue weighted by molar-refractivity contribution is -0.113. The lowest BCUT2D eigenvalue weighted by Crippen LogP contribution is -2.16. The van der Waals surface area contributed by atoms with E-state index in [2.05, 4.69) is 25.5 Å². The number of hydrogen-bond acceptors (Lipinski definition) is 8. The Morgan fingerprint density at radius 1 is 1.03 bits per heavy atom. The summed E-state index contributed by atoms with van der Waals surface area (Å²) in [5.41, 5.74) is 1.62. The van der Waals surface area contributed by atoms with E-state index in [1.807, 2.05) is 60.0 Å². The molecule has 1 amide bonds. The summed E-state index contributed by atoms with van der Waals surface area (Å²) in [6.45, 7) is 2.52. The van der Waals surface area contributed by atoms with Gasteiger partial charge in [-0.25, -0.2) is 9.97 Å². The van der Waals surface area contributed by atoms with Gasteiger partial charge in [-0.15, -0.1) is 10.2 Å². The molecule has 2 aromatic carbocycles. The van der Waals surface area contributed by atoms with Gasteiger partial charge >= 0.3 is 0 Å². The van der Waals surface area contributed by atoms with Gasteiger partial charge in [0.15, 0.2) is 11.0 Å². The Kier molecular flexibility index (Phi) is 7.16. The highest BCUT2D eigenvalue weighted by Crippen LogP contribution is 2.33. The lowest BCUT2D eigenvalue weighted by Gasteiger charge is -2.13. The SMILES string of the molecule is CCOc1ccc(-n2c(SCC(=O)Nc3ncccn3)nnc2-c2ccccc2OC)cc1. The third-order valence-electron chi connectivity index (χ3n) is 4.54. The van der Waals surface area contributed by atoms with E-state index in [1.165, 1.54) is 11.8 Å². The van der Waals surface area contributed by atoms with Crippen LogP contribution in [-0.2, 0) is 4.79 Å². The highest BCUT2D eigenvalue weighted by Gasteiger charge is 2.20. The van der Waals surface area contributed by atoms with Crippen molar-refractivity contribution in [2.45, 2.75) is 12.1 Å². The molecule has 2 aromatic heterocycles. The zero-order chi connectivity index (χ0) is 23.0. The third-order valence-corrected chi connectivity index (χ3v) is 5.47. The van der Waals surface area contributed by atoms with Gasteiger partial charge in [0.25, 0.3) is 0 Å². The van der Waals surface area contributed by atoms with Gasteiger partial charge in [-0.05, 0) is 49.4 Å². The standard InChI is InChI=1S/C23H22N6O3S/c1-3-32-17-11-9-16(10-12-17)29-21(18-7-4-5-8-19(18)31-2)27-28-23(29)33-15-20(30)26-22-24-13-6-14-25-22/h4-14H,3,15H2,1-2H3,(H,24,25,26,30). The monoisotopic (exact) mass is 462 g/mol. The molecule has 168 valence electrons. The molecule has 0 saturated heterocycles. The molecule has 0 bridgehead atoms. The minimum absolute atomic E-state index is 0.110. The van der Waals surface area contributed by atoms with Crippen LogP contribution in [0.2, 0.25) is 0 Å². The molecular formula is C23H22N6O3S. The summed E-state index contributed by atoms with van der Waals surface area (Å²) in [5.74, 6) is 2.17. The van der Waals surface area contributed by atoms with Gasteiger partial charge < -0.3 is 9.47 Å². The molecule has 4 rings (SSSR count). The molecule has 10 heteroatoms. The Labute approximate surface area is 195 Å². The smallest absolute Gasteiger partial charge is 0.237 e. The van der Waals surface area contributed by atoms with E-state index in [9.17, 15) is 4.79 Å². The summed E-state index contributed by atoms with van der Waals surface area (Å²) in [7, 11) is 1.61. The summed E-state index contributed by atoms with van der Waals surface area (Å²) in [5, 5.41) is 12.0. The number of rotatable bonds is 9. The number of thioether (sulfide) groups is 1. The fourth-order valence-electron chi connectivity index (χ4n) is 3.11. The Morgan fingerprint density at radius 3 is 2.52 bits per heavy atom. The number of para-hydroxylation sites is 1. The highest BCUT2D eigenvalue weighted by molar-refractivity contribution is 7.99. The van der Waals surface area contributed by atoms with E-state index < -0.39 is 0 Å². The van der Waals surface area contributed by atoms with Crippen molar-refractivity contribution in [1.29, 1.82) is 0 Å². The van der Waals surface area contributed by atoms with E-state index in [0.717, 1.165) is 17.0 Å². The van der Waals surface area contributed by atoms with Crippen LogP contribution >= 0.6 is 11.8 Å². The van der Waals surface area contributed by atoms with Crippen molar-refractivity contribution in [2.75, 3.05) is 24.8 Å². The van der Waals surface area contributed by atoms with Crippen molar-refractivity contribution in [1.82, 2.24) is 24.7 Å². The van der Waals surface area contributed by atoms with Crippen LogP contribution in [-0.4, -0.2) is 50.1 Å². The number of aromatic nitrogens is 5. The quantitative estimate of drug-likeness (QED) is 0.374. The first-order valence-corrected chi connectivity index (χ1v) is 11.2.